The van der Waals surface area contributed by atoms with Crippen LogP contribution in [0.4, 0.5) is 0 Å². The number of amides is 1. The Morgan fingerprint density at radius 3 is 2.44 bits per heavy atom. The van der Waals surface area contributed by atoms with Crippen LogP contribution in [0.5, 0.6) is 0 Å². The van der Waals surface area contributed by atoms with Gasteiger partial charge in [-0.15, -0.1) is 0 Å². The highest BCUT2D eigenvalue weighted by atomic mass is 16.5. The van der Waals surface area contributed by atoms with Gasteiger partial charge in [-0.3, -0.25) is 14.8 Å². The molecule has 0 unspecified atom stereocenters. The molecule has 0 saturated carbocycles. The van der Waals surface area contributed by atoms with Crippen LogP contribution in [-0.4, -0.2) is 45.0 Å². The highest BCUT2D eigenvalue weighted by Gasteiger charge is 2.33. The topological polar surface area (TPSA) is 85.0 Å². The molecule has 0 aliphatic rings. The smallest absolute Gasteiger partial charge is 0.233 e. The molecule has 7 heteroatoms. The monoisotopic (exact) mass is 427 g/mol. The van der Waals surface area contributed by atoms with Crippen molar-refractivity contribution >= 4 is 5.91 Å². The van der Waals surface area contributed by atoms with Crippen LogP contribution in [0, 0.1) is 6.92 Å². The van der Waals surface area contributed by atoms with E-state index in [0.29, 0.717) is 22.8 Å². The number of aryl methyl sites for hydroxylation is 1. The average Bonchev–Trinajstić information content (AvgIpc) is 3.29. The van der Waals surface area contributed by atoms with Gasteiger partial charge in [-0.1, -0.05) is 35.5 Å². The highest BCUT2D eigenvalue weighted by molar-refractivity contribution is 5.86. The van der Waals surface area contributed by atoms with Gasteiger partial charge in [0.2, 0.25) is 5.91 Å². The van der Waals surface area contributed by atoms with E-state index in [2.05, 4.69) is 15.1 Å². The minimum absolute atomic E-state index is 0.0204. The van der Waals surface area contributed by atoms with Gasteiger partial charge in [0.1, 0.15) is 11.4 Å². The van der Waals surface area contributed by atoms with Crippen molar-refractivity contribution in [2.24, 2.45) is 0 Å². The molecule has 0 atom stereocenters. The van der Waals surface area contributed by atoms with Gasteiger partial charge in [0.25, 0.3) is 0 Å². The Bertz CT molecular complexity index is 1260. The highest BCUT2D eigenvalue weighted by Crippen LogP contribution is 2.30. The van der Waals surface area contributed by atoms with E-state index in [-0.39, 0.29) is 5.91 Å². The third-order valence-corrected chi connectivity index (χ3v) is 5.41. The van der Waals surface area contributed by atoms with Crippen LogP contribution in [0.3, 0.4) is 0 Å². The lowest BCUT2D eigenvalue weighted by Gasteiger charge is -2.26. The molecular weight excluding hydrogens is 402 g/mol. The predicted molar refractivity (Wildman–Crippen MR) is 123 cm³/mol. The fourth-order valence-electron chi connectivity index (χ4n) is 3.55. The molecule has 0 spiro atoms. The van der Waals surface area contributed by atoms with E-state index in [4.69, 9.17) is 9.51 Å². The zero-order valence-electron chi connectivity index (χ0n) is 18.8. The molecule has 0 N–H and O–H groups in total. The number of hydrogen-bond acceptors (Lipinski definition) is 6. The van der Waals surface area contributed by atoms with Crippen molar-refractivity contribution in [1.82, 2.24) is 25.0 Å². The zero-order valence-corrected chi connectivity index (χ0v) is 18.8. The molecule has 3 heterocycles. The lowest BCUT2D eigenvalue weighted by Crippen LogP contribution is -2.39. The molecule has 1 amide bonds. The Morgan fingerprint density at radius 1 is 0.969 bits per heavy atom. The maximum Gasteiger partial charge on any atom is 0.233 e. The van der Waals surface area contributed by atoms with Gasteiger partial charge < -0.3 is 9.42 Å². The summed E-state index contributed by atoms with van der Waals surface area (Å²) in [5.41, 5.74) is 4.46. The van der Waals surface area contributed by atoms with Crippen molar-refractivity contribution in [3.05, 3.63) is 72.3 Å². The third-order valence-electron chi connectivity index (χ3n) is 5.41. The summed E-state index contributed by atoms with van der Waals surface area (Å²) in [6, 6.07) is 15.4. The predicted octanol–water partition coefficient (Wildman–Crippen LogP) is 4.53. The summed E-state index contributed by atoms with van der Waals surface area (Å²) in [6.07, 6.45) is 3.41. The number of aromatic nitrogens is 4. The van der Waals surface area contributed by atoms with Crippen molar-refractivity contribution in [3.63, 3.8) is 0 Å². The van der Waals surface area contributed by atoms with Gasteiger partial charge in [0, 0.05) is 37.5 Å². The first-order chi connectivity index (χ1) is 15.3. The maximum absolute atomic E-state index is 12.7. The second kappa shape index (κ2) is 8.34. The van der Waals surface area contributed by atoms with Crippen molar-refractivity contribution in [2.45, 2.75) is 26.2 Å². The number of rotatable bonds is 5. The van der Waals surface area contributed by atoms with Gasteiger partial charge >= 0.3 is 0 Å². The Kier molecular flexibility index (Phi) is 5.57. The molecule has 7 nitrogen and oxygen atoms in total. The number of benzene rings is 1. The van der Waals surface area contributed by atoms with Crippen LogP contribution in [0.2, 0.25) is 0 Å². The normalized spacial score (nSPS) is 11.4. The number of hydrogen-bond donors (Lipinski definition) is 0. The lowest BCUT2D eigenvalue weighted by atomic mass is 9.86. The van der Waals surface area contributed by atoms with Gasteiger partial charge in [0.05, 0.1) is 28.7 Å². The summed E-state index contributed by atoms with van der Waals surface area (Å²) in [5.74, 6) is 0.529. The van der Waals surface area contributed by atoms with Crippen LogP contribution in [0.25, 0.3) is 34.0 Å². The maximum atomic E-state index is 12.7. The number of carbonyl (C=O) groups excluding carboxylic acids is 1. The molecule has 162 valence electrons. The number of carbonyl (C=O) groups is 1. The molecular formula is C25H25N5O2. The van der Waals surface area contributed by atoms with E-state index < -0.39 is 5.41 Å². The van der Waals surface area contributed by atoms with Crippen molar-refractivity contribution in [3.8, 4) is 34.0 Å². The zero-order chi connectivity index (χ0) is 22.9. The van der Waals surface area contributed by atoms with Crippen LogP contribution >= 0.6 is 0 Å². The molecule has 0 radical (unpaired) electrons. The molecule has 4 rings (SSSR count). The van der Waals surface area contributed by atoms with Crippen LogP contribution < -0.4 is 0 Å². The second-order valence-corrected chi connectivity index (χ2v) is 8.39. The summed E-state index contributed by atoms with van der Waals surface area (Å²) >= 11 is 0. The molecule has 0 bridgehead atoms. The Hall–Kier alpha value is -3.87. The Labute approximate surface area is 187 Å². The van der Waals surface area contributed by atoms with Crippen molar-refractivity contribution < 1.29 is 9.32 Å². The summed E-state index contributed by atoms with van der Waals surface area (Å²) in [5, 5.41) is 4.19. The Morgan fingerprint density at radius 2 is 1.72 bits per heavy atom. The van der Waals surface area contributed by atoms with E-state index in [9.17, 15) is 4.79 Å². The van der Waals surface area contributed by atoms with E-state index >= 15 is 0 Å². The fourth-order valence-corrected chi connectivity index (χ4v) is 3.55. The largest absolute Gasteiger partial charge is 0.354 e. The van der Waals surface area contributed by atoms with E-state index in [1.165, 1.54) is 0 Å². The quantitative estimate of drug-likeness (QED) is 0.465. The summed E-state index contributed by atoms with van der Waals surface area (Å²) < 4.78 is 5.60. The molecule has 0 aliphatic heterocycles. The standard InChI is InChI=1S/C25H25N5O2/c1-16-23(21-14-19(29-32-21)17-9-7-6-8-10-17)28-20(15-27-16)18-11-12-26-22(13-18)25(2,3)24(31)30(4)5/h6-15H,1-5H3. The molecule has 1 aromatic carbocycles. The summed E-state index contributed by atoms with van der Waals surface area (Å²) in [7, 11) is 3.49. The number of nitrogens with zero attached hydrogens (tertiary/aromatic N) is 5. The minimum Gasteiger partial charge on any atom is -0.354 e. The first-order valence-electron chi connectivity index (χ1n) is 10.3. The fraction of sp³-hybridized carbons (Fsp3) is 0.240. The molecule has 32 heavy (non-hydrogen) atoms. The second-order valence-electron chi connectivity index (χ2n) is 8.39. The van der Waals surface area contributed by atoms with Crippen molar-refractivity contribution in [2.75, 3.05) is 14.1 Å². The molecule has 0 fully saturated rings. The summed E-state index contributed by atoms with van der Waals surface area (Å²) in [6.45, 7) is 5.62. The van der Waals surface area contributed by atoms with Crippen molar-refractivity contribution in [1.29, 1.82) is 0 Å². The Balaban J connectivity index is 1.71. The average molecular weight is 428 g/mol. The third kappa shape index (κ3) is 4.01. The van der Waals surface area contributed by atoms with Crippen LogP contribution in [-0.2, 0) is 10.2 Å². The first-order valence-corrected chi connectivity index (χ1v) is 10.3. The van der Waals surface area contributed by atoms with E-state index in [1.54, 1.807) is 31.4 Å². The van der Waals surface area contributed by atoms with Crippen LogP contribution in [0.15, 0.2) is 65.4 Å². The minimum atomic E-state index is -0.768. The van der Waals surface area contributed by atoms with E-state index in [1.807, 2.05) is 69.3 Å². The first kappa shape index (κ1) is 21.4. The molecule has 0 aliphatic carbocycles. The van der Waals surface area contributed by atoms with Gasteiger partial charge in [-0.05, 0) is 32.9 Å². The SMILES string of the molecule is Cc1ncc(-c2ccnc(C(C)(C)C(=O)N(C)C)c2)nc1-c1cc(-c2ccccc2)no1. The van der Waals surface area contributed by atoms with Gasteiger partial charge in [-0.2, -0.15) is 0 Å². The van der Waals surface area contributed by atoms with E-state index in [0.717, 1.165) is 22.5 Å². The lowest BCUT2D eigenvalue weighted by molar-refractivity contribution is -0.133. The van der Waals surface area contributed by atoms with Gasteiger partial charge in [0.15, 0.2) is 5.76 Å². The van der Waals surface area contributed by atoms with Crippen LogP contribution in [0.1, 0.15) is 25.2 Å². The molecule has 0 saturated heterocycles. The number of pyridine rings is 1. The summed E-state index contributed by atoms with van der Waals surface area (Å²) in [4.78, 5) is 28.0. The number of likely N-dealkylation sites (N-methyl/N-ethyl adjacent to an activating group) is 1. The van der Waals surface area contributed by atoms with Gasteiger partial charge in [-0.25, -0.2) is 4.98 Å². The molecule has 3 aromatic heterocycles. The molecule has 4 aromatic rings.